The lowest BCUT2D eigenvalue weighted by Crippen LogP contribution is -2.21. The molecule has 23 heavy (non-hydrogen) atoms. The minimum absolute atomic E-state index is 0.0366. The van der Waals surface area contributed by atoms with Crippen molar-refractivity contribution in [2.75, 3.05) is 11.9 Å². The average Bonchev–Trinajstić information content (AvgIpc) is 2.48. The summed E-state index contributed by atoms with van der Waals surface area (Å²) in [4.78, 5) is 23.4. The number of nitrogens with one attached hydrogen (secondary N) is 1. The summed E-state index contributed by atoms with van der Waals surface area (Å²) in [5.74, 6) is -3.67. The van der Waals surface area contributed by atoms with Crippen molar-refractivity contribution >= 4 is 40.8 Å². The molecule has 2 aromatic rings. The van der Waals surface area contributed by atoms with Crippen molar-refractivity contribution in [3.8, 4) is 0 Å². The molecule has 0 saturated heterocycles. The molecule has 2 aromatic carbocycles. The highest BCUT2D eigenvalue weighted by Crippen LogP contribution is 2.21. The van der Waals surface area contributed by atoms with E-state index in [0.717, 1.165) is 12.1 Å². The second-order valence-corrected chi connectivity index (χ2v) is 5.22. The molecule has 120 valence electrons. The minimum Gasteiger partial charge on any atom is -0.452 e. The van der Waals surface area contributed by atoms with Crippen LogP contribution in [0.3, 0.4) is 0 Å². The predicted molar refractivity (Wildman–Crippen MR) is 81.7 cm³/mol. The summed E-state index contributed by atoms with van der Waals surface area (Å²) in [6, 6.07) is 7.02. The van der Waals surface area contributed by atoms with Crippen LogP contribution in [-0.4, -0.2) is 18.5 Å². The molecule has 1 N–H and O–H groups in total. The molecule has 0 unspecified atom stereocenters. The summed E-state index contributed by atoms with van der Waals surface area (Å²) in [6.45, 7) is -0.614. The quantitative estimate of drug-likeness (QED) is 0.837. The summed E-state index contributed by atoms with van der Waals surface area (Å²) >= 11 is 11.5. The first kappa shape index (κ1) is 17.2. The Morgan fingerprint density at radius 3 is 2.43 bits per heavy atom. The number of hydrogen-bond acceptors (Lipinski definition) is 3. The smallest absolute Gasteiger partial charge is 0.340 e. The van der Waals surface area contributed by atoms with Crippen LogP contribution in [0.15, 0.2) is 36.4 Å². The lowest BCUT2D eigenvalue weighted by molar-refractivity contribution is -0.119. The Morgan fingerprint density at radius 1 is 1.04 bits per heavy atom. The highest BCUT2D eigenvalue weighted by atomic mass is 35.5. The molecule has 4 nitrogen and oxygen atoms in total. The maximum absolute atomic E-state index is 13.0. The molecule has 8 heteroatoms. The van der Waals surface area contributed by atoms with Crippen LogP contribution in [0.4, 0.5) is 14.5 Å². The minimum atomic E-state index is -1.10. The van der Waals surface area contributed by atoms with Crippen molar-refractivity contribution in [2.24, 2.45) is 0 Å². The fraction of sp³-hybridized carbons (Fsp3) is 0.0667. The topological polar surface area (TPSA) is 55.4 Å². The normalized spacial score (nSPS) is 10.3. The number of anilines is 1. The summed E-state index contributed by atoms with van der Waals surface area (Å²) in [6.07, 6.45) is 0. The van der Waals surface area contributed by atoms with E-state index in [0.29, 0.717) is 5.02 Å². The van der Waals surface area contributed by atoms with Crippen LogP contribution in [0.25, 0.3) is 0 Å². The molecular formula is C15H9Cl2F2NO3. The third-order valence-electron chi connectivity index (χ3n) is 2.69. The van der Waals surface area contributed by atoms with Gasteiger partial charge in [0, 0.05) is 16.8 Å². The number of carbonyl (C=O) groups excluding carboxylic acids is 2. The summed E-state index contributed by atoms with van der Waals surface area (Å²) < 4.78 is 30.6. The Labute approximate surface area is 140 Å². The monoisotopic (exact) mass is 359 g/mol. The van der Waals surface area contributed by atoms with E-state index in [-0.39, 0.29) is 16.3 Å². The van der Waals surface area contributed by atoms with Gasteiger partial charge in [0.1, 0.15) is 0 Å². The second kappa shape index (κ2) is 7.39. The van der Waals surface area contributed by atoms with E-state index < -0.39 is 30.1 Å². The molecule has 0 saturated carbocycles. The predicted octanol–water partition coefficient (Wildman–Crippen LogP) is 4.07. The average molecular weight is 360 g/mol. The van der Waals surface area contributed by atoms with Crippen LogP contribution in [0.2, 0.25) is 10.0 Å². The number of amides is 1. The number of hydrogen-bond donors (Lipinski definition) is 1. The van der Waals surface area contributed by atoms with Gasteiger partial charge in [0.15, 0.2) is 18.2 Å². The molecule has 0 aliphatic heterocycles. The first-order chi connectivity index (χ1) is 10.9. The highest BCUT2D eigenvalue weighted by Gasteiger charge is 2.14. The fourth-order valence-electron chi connectivity index (χ4n) is 1.63. The Morgan fingerprint density at radius 2 is 1.78 bits per heavy atom. The Bertz CT molecular complexity index is 768. The van der Waals surface area contributed by atoms with E-state index in [9.17, 15) is 18.4 Å². The van der Waals surface area contributed by atoms with Gasteiger partial charge < -0.3 is 10.1 Å². The molecule has 1 amide bonds. The molecule has 0 radical (unpaired) electrons. The van der Waals surface area contributed by atoms with E-state index in [1.165, 1.54) is 24.3 Å². The van der Waals surface area contributed by atoms with Crippen LogP contribution in [0.5, 0.6) is 0 Å². The van der Waals surface area contributed by atoms with Crippen molar-refractivity contribution in [3.05, 3.63) is 63.6 Å². The lowest BCUT2D eigenvalue weighted by Gasteiger charge is -2.08. The van der Waals surface area contributed by atoms with Crippen LogP contribution < -0.4 is 5.32 Å². The van der Waals surface area contributed by atoms with E-state index in [2.05, 4.69) is 5.32 Å². The summed E-state index contributed by atoms with van der Waals surface area (Å²) in [7, 11) is 0. The first-order valence-corrected chi connectivity index (χ1v) is 6.99. The molecule has 0 aliphatic carbocycles. The third kappa shape index (κ3) is 4.64. The van der Waals surface area contributed by atoms with Crippen molar-refractivity contribution < 1.29 is 23.1 Å². The van der Waals surface area contributed by atoms with Gasteiger partial charge in [-0.3, -0.25) is 4.79 Å². The Hall–Kier alpha value is -2.18. The molecule has 0 aromatic heterocycles. The molecule has 0 aliphatic rings. The second-order valence-electron chi connectivity index (χ2n) is 4.38. The van der Waals surface area contributed by atoms with Gasteiger partial charge in [-0.2, -0.15) is 0 Å². The number of rotatable bonds is 4. The molecule has 2 rings (SSSR count). The number of benzene rings is 2. The van der Waals surface area contributed by atoms with Crippen molar-refractivity contribution in [1.82, 2.24) is 0 Å². The number of ether oxygens (including phenoxy) is 1. The molecule has 0 heterocycles. The summed E-state index contributed by atoms with van der Waals surface area (Å²) in [5, 5.41) is 2.70. The lowest BCUT2D eigenvalue weighted by atomic mass is 10.2. The van der Waals surface area contributed by atoms with Crippen LogP contribution in [-0.2, 0) is 9.53 Å². The molecular weight excluding hydrogens is 351 g/mol. The fourth-order valence-corrected chi connectivity index (χ4v) is 2.12. The number of carbonyl (C=O) groups is 2. The maximum Gasteiger partial charge on any atom is 0.340 e. The first-order valence-electron chi connectivity index (χ1n) is 6.24. The van der Waals surface area contributed by atoms with Gasteiger partial charge in [-0.15, -0.1) is 0 Å². The van der Waals surface area contributed by atoms with Gasteiger partial charge >= 0.3 is 5.97 Å². The van der Waals surface area contributed by atoms with Gasteiger partial charge in [-0.05, 0) is 30.3 Å². The highest BCUT2D eigenvalue weighted by molar-refractivity contribution is 6.36. The van der Waals surface area contributed by atoms with Gasteiger partial charge in [0.25, 0.3) is 5.91 Å². The van der Waals surface area contributed by atoms with Crippen molar-refractivity contribution in [1.29, 1.82) is 0 Å². The van der Waals surface area contributed by atoms with E-state index in [4.69, 9.17) is 27.9 Å². The van der Waals surface area contributed by atoms with E-state index in [1.807, 2.05) is 0 Å². The molecule has 0 bridgehead atoms. The zero-order valence-corrected chi connectivity index (χ0v) is 12.9. The van der Waals surface area contributed by atoms with Gasteiger partial charge in [-0.1, -0.05) is 23.2 Å². The molecule has 0 spiro atoms. The zero-order valence-electron chi connectivity index (χ0n) is 11.4. The number of esters is 1. The summed E-state index contributed by atoms with van der Waals surface area (Å²) in [5.41, 5.74) is 0.0890. The molecule has 0 fully saturated rings. The van der Waals surface area contributed by atoms with Crippen LogP contribution in [0.1, 0.15) is 10.4 Å². The maximum atomic E-state index is 13.0. The van der Waals surface area contributed by atoms with Gasteiger partial charge in [-0.25, -0.2) is 13.6 Å². The van der Waals surface area contributed by atoms with Gasteiger partial charge in [0.2, 0.25) is 0 Å². The SMILES string of the molecule is O=C(COC(=O)c1ccc(Cl)cc1Cl)Nc1ccc(F)c(F)c1. The van der Waals surface area contributed by atoms with Crippen LogP contribution in [0, 0.1) is 11.6 Å². The number of halogens is 4. The van der Waals surface area contributed by atoms with Crippen LogP contribution >= 0.6 is 23.2 Å². The standard InChI is InChI=1S/C15H9Cl2F2NO3/c16-8-1-3-10(11(17)5-8)15(22)23-7-14(21)20-9-2-4-12(18)13(19)6-9/h1-6H,7H2,(H,20,21). The van der Waals surface area contributed by atoms with E-state index >= 15 is 0 Å². The van der Waals surface area contributed by atoms with Crippen molar-refractivity contribution in [2.45, 2.75) is 0 Å². The largest absolute Gasteiger partial charge is 0.452 e. The van der Waals surface area contributed by atoms with Gasteiger partial charge in [0.05, 0.1) is 10.6 Å². The third-order valence-corrected chi connectivity index (χ3v) is 3.24. The zero-order chi connectivity index (χ0) is 17.0. The Balaban J connectivity index is 1.93. The van der Waals surface area contributed by atoms with E-state index in [1.54, 1.807) is 0 Å². The molecule has 0 atom stereocenters. The Kier molecular flexibility index (Phi) is 5.52. The van der Waals surface area contributed by atoms with Crippen molar-refractivity contribution in [3.63, 3.8) is 0 Å².